The summed E-state index contributed by atoms with van der Waals surface area (Å²) < 4.78 is 5.63. The minimum Gasteiger partial charge on any atom is -0.376 e. The average Bonchev–Trinajstić information content (AvgIpc) is 3.10. The molecule has 1 heterocycles. The SMILES string of the molecule is COC1(CNC(=O)c2ccc(-c3ccccc3)cc2)CCSC1. The molecule has 0 aliphatic carbocycles. The molecule has 23 heavy (non-hydrogen) atoms. The molecule has 0 saturated carbocycles. The van der Waals surface area contributed by atoms with Crippen LogP contribution < -0.4 is 5.32 Å². The molecule has 2 aromatic carbocycles. The standard InChI is InChI=1S/C19H21NO2S/c1-22-19(11-12-23-14-19)13-20-18(21)17-9-7-16(8-10-17)15-5-3-2-4-6-15/h2-10H,11-14H2,1H3,(H,20,21). The molecular weight excluding hydrogens is 306 g/mol. The van der Waals surface area contributed by atoms with Crippen molar-refractivity contribution in [2.24, 2.45) is 0 Å². The van der Waals surface area contributed by atoms with E-state index in [2.05, 4.69) is 17.4 Å². The maximum atomic E-state index is 12.3. The van der Waals surface area contributed by atoms with E-state index in [1.165, 1.54) is 0 Å². The number of nitrogens with one attached hydrogen (secondary N) is 1. The fraction of sp³-hybridized carbons (Fsp3) is 0.316. The number of methoxy groups -OCH3 is 1. The Morgan fingerprint density at radius 3 is 2.43 bits per heavy atom. The predicted molar refractivity (Wildman–Crippen MR) is 95.9 cm³/mol. The van der Waals surface area contributed by atoms with Crippen LogP contribution in [0.15, 0.2) is 54.6 Å². The molecule has 0 spiro atoms. The molecule has 1 aliphatic heterocycles. The average molecular weight is 327 g/mol. The van der Waals surface area contributed by atoms with Crippen molar-refractivity contribution >= 4 is 17.7 Å². The van der Waals surface area contributed by atoms with Crippen molar-refractivity contribution in [2.45, 2.75) is 12.0 Å². The summed E-state index contributed by atoms with van der Waals surface area (Å²) in [6, 6.07) is 17.9. The summed E-state index contributed by atoms with van der Waals surface area (Å²) >= 11 is 1.88. The minimum absolute atomic E-state index is 0.0436. The second-order valence-corrected chi connectivity index (χ2v) is 6.92. The van der Waals surface area contributed by atoms with E-state index < -0.39 is 0 Å². The molecule has 3 nitrogen and oxygen atoms in total. The van der Waals surface area contributed by atoms with Crippen molar-refractivity contribution in [3.05, 3.63) is 60.2 Å². The van der Waals surface area contributed by atoms with Gasteiger partial charge in [0.25, 0.3) is 5.91 Å². The maximum Gasteiger partial charge on any atom is 0.251 e. The second-order valence-electron chi connectivity index (χ2n) is 5.82. The van der Waals surface area contributed by atoms with Crippen LogP contribution in [0, 0.1) is 0 Å². The molecule has 2 aromatic rings. The van der Waals surface area contributed by atoms with Crippen molar-refractivity contribution in [3.8, 4) is 11.1 Å². The smallest absolute Gasteiger partial charge is 0.251 e. The van der Waals surface area contributed by atoms with E-state index in [9.17, 15) is 4.79 Å². The summed E-state index contributed by atoms with van der Waals surface area (Å²) in [5.41, 5.74) is 2.75. The predicted octanol–water partition coefficient (Wildman–Crippen LogP) is 3.61. The Hall–Kier alpha value is -1.78. The van der Waals surface area contributed by atoms with Gasteiger partial charge in [-0.3, -0.25) is 4.79 Å². The third-order valence-corrected chi connectivity index (χ3v) is 5.55. The first kappa shape index (κ1) is 16.1. The largest absolute Gasteiger partial charge is 0.376 e. The van der Waals surface area contributed by atoms with Gasteiger partial charge in [-0.25, -0.2) is 0 Å². The van der Waals surface area contributed by atoms with Crippen molar-refractivity contribution in [1.82, 2.24) is 5.32 Å². The number of hydrogen-bond donors (Lipinski definition) is 1. The van der Waals surface area contributed by atoms with Crippen molar-refractivity contribution in [1.29, 1.82) is 0 Å². The highest BCUT2D eigenvalue weighted by atomic mass is 32.2. The fourth-order valence-electron chi connectivity index (χ4n) is 2.75. The zero-order valence-electron chi connectivity index (χ0n) is 13.2. The van der Waals surface area contributed by atoms with Crippen LogP contribution in [-0.4, -0.2) is 36.7 Å². The third-order valence-electron chi connectivity index (χ3n) is 4.33. The lowest BCUT2D eigenvalue weighted by molar-refractivity contribution is 0.0137. The van der Waals surface area contributed by atoms with Crippen LogP contribution in [0.3, 0.4) is 0 Å². The fourth-order valence-corrected chi connectivity index (χ4v) is 4.15. The molecule has 1 atom stereocenters. The Balaban J connectivity index is 1.64. The number of carbonyl (C=O) groups excluding carboxylic acids is 1. The van der Waals surface area contributed by atoms with Gasteiger partial charge in [0.05, 0.1) is 5.60 Å². The van der Waals surface area contributed by atoms with Crippen LogP contribution in [0.2, 0.25) is 0 Å². The van der Waals surface area contributed by atoms with Crippen LogP contribution in [-0.2, 0) is 4.74 Å². The van der Waals surface area contributed by atoms with Crippen molar-refractivity contribution < 1.29 is 9.53 Å². The summed E-state index contributed by atoms with van der Waals surface area (Å²) in [4.78, 5) is 12.3. The van der Waals surface area contributed by atoms with E-state index >= 15 is 0 Å². The first-order valence-corrected chi connectivity index (χ1v) is 8.94. The van der Waals surface area contributed by atoms with E-state index in [1.807, 2.05) is 54.2 Å². The van der Waals surface area contributed by atoms with Gasteiger partial charge in [-0.05, 0) is 35.4 Å². The van der Waals surface area contributed by atoms with E-state index in [4.69, 9.17) is 4.74 Å². The van der Waals surface area contributed by atoms with Gasteiger partial charge in [-0.15, -0.1) is 0 Å². The molecule has 0 radical (unpaired) electrons. The molecular formula is C19H21NO2S. The number of benzene rings is 2. The summed E-state index contributed by atoms with van der Waals surface area (Å²) in [5, 5.41) is 3.01. The second kappa shape index (κ2) is 7.20. The van der Waals surface area contributed by atoms with E-state index in [1.54, 1.807) is 7.11 Å². The van der Waals surface area contributed by atoms with Gasteiger partial charge < -0.3 is 10.1 Å². The Morgan fingerprint density at radius 2 is 1.83 bits per heavy atom. The van der Waals surface area contributed by atoms with Gasteiger partial charge >= 0.3 is 0 Å². The Kier molecular flexibility index (Phi) is 5.03. The molecule has 0 aromatic heterocycles. The van der Waals surface area contributed by atoms with Crippen LogP contribution in [0.4, 0.5) is 0 Å². The Morgan fingerprint density at radius 1 is 1.13 bits per heavy atom. The zero-order valence-corrected chi connectivity index (χ0v) is 14.1. The molecule has 1 amide bonds. The van der Waals surface area contributed by atoms with Gasteiger partial charge in [0, 0.05) is 25.0 Å². The number of rotatable bonds is 5. The summed E-state index contributed by atoms with van der Waals surface area (Å²) in [7, 11) is 1.73. The molecule has 1 saturated heterocycles. The van der Waals surface area contributed by atoms with Crippen LogP contribution in [0.25, 0.3) is 11.1 Å². The zero-order chi connectivity index (χ0) is 16.1. The van der Waals surface area contributed by atoms with Gasteiger partial charge in [0.15, 0.2) is 0 Å². The van der Waals surface area contributed by atoms with E-state index in [0.717, 1.165) is 29.1 Å². The normalized spacial score (nSPS) is 20.4. The molecule has 120 valence electrons. The van der Waals surface area contributed by atoms with Gasteiger partial charge in [-0.2, -0.15) is 11.8 Å². The van der Waals surface area contributed by atoms with Crippen molar-refractivity contribution in [2.75, 3.05) is 25.2 Å². The number of carbonyl (C=O) groups is 1. The first-order chi connectivity index (χ1) is 11.2. The topological polar surface area (TPSA) is 38.3 Å². The highest BCUT2D eigenvalue weighted by Gasteiger charge is 2.34. The lowest BCUT2D eigenvalue weighted by Gasteiger charge is -2.26. The van der Waals surface area contributed by atoms with Gasteiger partial charge in [0.2, 0.25) is 0 Å². The Labute approximate surface area is 141 Å². The molecule has 4 heteroatoms. The van der Waals surface area contributed by atoms with Crippen LogP contribution in [0.1, 0.15) is 16.8 Å². The van der Waals surface area contributed by atoms with Gasteiger partial charge in [0.1, 0.15) is 0 Å². The highest BCUT2D eigenvalue weighted by Crippen LogP contribution is 2.30. The first-order valence-electron chi connectivity index (χ1n) is 7.79. The lowest BCUT2D eigenvalue weighted by Crippen LogP contribution is -2.44. The highest BCUT2D eigenvalue weighted by molar-refractivity contribution is 7.99. The quantitative estimate of drug-likeness (QED) is 0.912. The molecule has 0 bridgehead atoms. The number of hydrogen-bond acceptors (Lipinski definition) is 3. The molecule has 1 aliphatic rings. The maximum absolute atomic E-state index is 12.3. The molecule has 1 N–H and O–H groups in total. The van der Waals surface area contributed by atoms with Crippen molar-refractivity contribution in [3.63, 3.8) is 0 Å². The molecule has 1 unspecified atom stereocenters. The number of amides is 1. The summed E-state index contributed by atoms with van der Waals surface area (Å²) in [6.45, 7) is 0.565. The minimum atomic E-state index is -0.204. The van der Waals surface area contributed by atoms with E-state index in [-0.39, 0.29) is 11.5 Å². The monoisotopic (exact) mass is 327 g/mol. The molecule has 1 fully saturated rings. The third kappa shape index (κ3) is 3.77. The van der Waals surface area contributed by atoms with E-state index in [0.29, 0.717) is 12.1 Å². The number of thioether (sulfide) groups is 1. The Bertz CT molecular complexity index is 649. The summed E-state index contributed by atoms with van der Waals surface area (Å²) in [6.07, 6.45) is 0.987. The molecule has 3 rings (SSSR count). The number of ether oxygens (including phenoxy) is 1. The summed E-state index contributed by atoms with van der Waals surface area (Å²) in [5.74, 6) is 1.99. The van der Waals surface area contributed by atoms with Gasteiger partial charge in [-0.1, -0.05) is 42.5 Å². The lowest BCUT2D eigenvalue weighted by atomic mass is 10.0. The van der Waals surface area contributed by atoms with Crippen LogP contribution >= 0.6 is 11.8 Å². The van der Waals surface area contributed by atoms with Crippen LogP contribution in [0.5, 0.6) is 0 Å².